The van der Waals surface area contributed by atoms with Crippen molar-refractivity contribution in [3.05, 3.63) is 35.9 Å². The van der Waals surface area contributed by atoms with Crippen molar-refractivity contribution in [3.63, 3.8) is 0 Å². The molecule has 1 aliphatic rings. The quantitative estimate of drug-likeness (QED) is 0.844. The largest absolute Gasteiger partial charge is 0.353 e. The Bertz CT molecular complexity index is 507. The van der Waals surface area contributed by atoms with E-state index in [4.69, 9.17) is 5.73 Å². The van der Waals surface area contributed by atoms with Crippen LogP contribution in [0.5, 0.6) is 0 Å². The van der Waals surface area contributed by atoms with Crippen LogP contribution in [0.25, 0.3) is 0 Å². The van der Waals surface area contributed by atoms with Crippen LogP contribution in [0.1, 0.15) is 50.6 Å². The van der Waals surface area contributed by atoms with Gasteiger partial charge in [-0.1, -0.05) is 43.7 Å². The first-order valence-electron chi connectivity index (χ1n) is 8.07. The summed E-state index contributed by atoms with van der Waals surface area (Å²) in [6.45, 7) is 1.96. The lowest BCUT2D eigenvalue weighted by Crippen LogP contribution is -2.41. The molecule has 0 bridgehead atoms. The van der Waals surface area contributed by atoms with Crippen LogP contribution in [0.3, 0.4) is 0 Å². The van der Waals surface area contributed by atoms with E-state index >= 15 is 0 Å². The van der Waals surface area contributed by atoms with Crippen molar-refractivity contribution in [2.75, 3.05) is 5.75 Å². The second-order valence-corrected chi connectivity index (χ2v) is 7.95. The molecule has 1 aliphatic carbocycles. The highest BCUT2D eigenvalue weighted by Gasteiger charge is 2.26. The predicted octanol–water partition coefficient (Wildman–Crippen LogP) is 2.27. The number of carbonyl (C=O) groups is 1. The summed E-state index contributed by atoms with van der Waals surface area (Å²) < 4.78 is 11.9. The Kier molecular flexibility index (Phi) is 6.58. The van der Waals surface area contributed by atoms with Gasteiger partial charge in [0.25, 0.3) is 0 Å². The van der Waals surface area contributed by atoms with Gasteiger partial charge < -0.3 is 11.1 Å². The molecule has 122 valence electrons. The van der Waals surface area contributed by atoms with Gasteiger partial charge in [-0.2, -0.15) is 0 Å². The van der Waals surface area contributed by atoms with E-state index in [-0.39, 0.29) is 23.2 Å². The highest BCUT2D eigenvalue weighted by Crippen LogP contribution is 2.23. The van der Waals surface area contributed by atoms with Crippen LogP contribution in [0, 0.1) is 0 Å². The number of rotatable bonds is 6. The summed E-state index contributed by atoms with van der Waals surface area (Å²) in [6.07, 6.45) is 4.14. The van der Waals surface area contributed by atoms with Gasteiger partial charge in [-0.05, 0) is 24.8 Å². The monoisotopic (exact) mass is 322 g/mol. The molecule has 0 aromatic heterocycles. The zero-order valence-electron chi connectivity index (χ0n) is 13.2. The van der Waals surface area contributed by atoms with Crippen LogP contribution in [0.2, 0.25) is 0 Å². The normalized spacial score (nSPS) is 24.5. The molecule has 4 nitrogen and oxygen atoms in total. The number of nitrogens with one attached hydrogen (secondary N) is 1. The molecule has 3 N–H and O–H groups in total. The predicted molar refractivity (Wildman–Crippen MR) is 90.9 cm³/mol. The Balaban J connectivity index is 1.83. The Morgan fingerprint density at radius 2 is 2.09 bits per heavy atom. The van der Waals surface area contributed by atoms with E-state index in [1.807, 2.05) is 37.3 Å². The third-order valence-electron chi connectivity index (χ3n) is 4.28. The van der Waals surface area contributed by atoms with Crippen LogP contribution in [-0.2, 0) is 15.6 Å². The van der Waals surface area contributed by atoms with Crippen molar-refractivity contribution >= 4 is 16.7 Å². The maximum absolute atomic E-state index is 12.2. The van der Waals surface area contributed by atoms with Crippen LogP contribution in [-0.4, -0.2) is 27.2 Å². The number of hydrogen-bond donors (Lipinski definition) is 2. The van der Waals surface area contributed by atoms with Gasteiger partial charge in [0.1, 0.15) is 0 Å². The molecule has 1 fully saturated rings. The summed E-state index contributed by atoms with van der Waals surface area (Å²) in [6, 6.07) is 9.55. The standard InChI is InChI=1S/C17H26N2O2S/c1-2-22(21)15-10-6-9-14(11-15)19-17(20)12-16(18)13-7-4-3-5-8-13/h3-5,7-8,14-16H,2,6,9-12,18H2,1H3,(H,19,20). The van der Waals surface area contributed by atoms with Crippen molar-refractivity contribution < 1.29 is 9.00 Å². The first kappa shape index (κ1) is 17.2. The Labute approximate surface area is 135 Å². The SMILES string of the molecule is CCS(=O)C1CCCC(NC(=O)CC(N)c2ccccc2)C1. The molecule has 0 aliphatic heterocycles. The first-order chi connectivity index (χ1) is 10.6. The topological polar surface area (TPSA) is 72.2 Å². The summed E-state index contributed by atoms with van der Waals surface area (Å²) in [5.74, 6) is 0.689. The molecular weight excluding hydrogens is 296 g/mol. The van der Waals surface area contributed by atoms with E-state index in [1.54, 1.807) is 0 Å². The lowest BCUT2D eigenvalue weighted by Gasteiger charge is -2.29. The van der Waals surface area contributed by atoms with E-state index < -0.39 is 10.8 Å². The minimum Gasteiger partial charge on any atom is -0.353 e. The maximum Gasteiger partial charge on any atom is 0.222 e. The summed E-state index contributed by atoms with van der Waals surface area (Å²) in [7, 11) is -0.765. The Morgan fingerprint density at radius 1 is 1.36 bits per heavy atom. The van der Waals surface area contributed by atoms with Crippen LogP contribution in [0.4, 0.5) is 0 Å². The molecule has 1 aromatic carbocycles. The van der Waals surface area contributed by atoms with Gasteiger partial charge in [-0.3, -0.25) is 9.00 Å². The van der Waals surface area contributed by atoms with Crippen molar-refractivity contribution in [2.45, 2.75) is 56.4 Å². The summed E-state index contributed by atoms with van der Waals surface area (Å²) in [5, 5.41) is 3.30. The molecular formula is C17H26N2O2S. The Morgan fingerprint density at radius 3 is 2.77 bits per heavy atom. The molecule has 1 aromatic rings. The second kappa shape index (κ2) is 8.44. The smallest absolute Gasteiger partial charge is 0.222 e. The molecule has 22 heavy (non-hydrogen) atoms. The van der Waals surface area contributed by atoms with Gasteiger partial charge in [0.05, 0.1) is 0 Å². The molecule has 4 unspecified atom stereocenters. The molecule has 0 heterocycles. The average molecular weight is 322 g/mol. The number of nitrogens with two attached hydrogens (primary N) is 1. The van der Waals surface area contributed by atoms with Gasteiger partial charge in [0.15, 0.2) is 0 Å². The molecule has 4 atom stereocenters. The van der Waals surface area contributed by atoms with Crippen molar-refractivity contribution in [1.82, 2.24) is 5.32 Å². The molecule has 1 saturated carbocycles. The molecule has 0 saturated heterocycles. The van der Waals surface area contributed by atoms with E-state index in [1.165, 1.54) is 0 Å². The summed E-state index contributed by atoms with van der Waals surface area (Å²) in [4.78, 5) is 12.2. The zero-order chi connectivity index (χ0) is 15.9. The minimum absolute atomic E-state index is 0.00992. The summed E-state index contributed by atoms with van der Waals surface area (Å²) >= 11 is 0. The highest BCUT2D eigenvalue weighted by molar-refractivity contribution is 7.85. The van der Waals surface area contributed by atoms with Gasteiger partial charge in [-0.25, -0.2) is 0 Å². The fourth-order valence-electron chi connectivity index (χ4n) is 3.05. The van der Waals surface area contributed by atoms with Crippen LogP contribution >= 0.6 is 0 Å². The van der Waals surface area contributed by atoms with E-state index in [0.717, 1.165) is 31.2 Å². The molecule has 0 spiro atoms. The van der Waals surface area contributed by atoms with Gasteiger partial charge in [0, 0.05) is 40.3 Å². The third-order valence-corrected chi connectivity index (χ3v) is 6.02. The summed E-state index contributed by atoms with van der Waals surface area (Å²) in [5.41, 5.74) is 7.07. The Hall–Kier alpha value is -1.20. The first-order valence-corrected chi connectivity index (χ1v) is 9.45. The van der Waals surface area contributed by atoms with Gasteiger partial charge in [0.2, 0.25) is 5.91 Å². The van der Waals surface area contributed by atoms with Crippen molar-refractivity contribution in [3.8, 4) is 0 Å². The van der Waals surface area contributed by atoms with E-state index in [9.17, 15) is 9.00 Å². The highest BCUT2D eigenvalue weighted by atomic mass is 32.2. The lowest BCUT2D eigenvalue weighted by atomic mass is 9.94. The lowest BCUT2D eigenvalue weighted by molar-refractivity contribution is -0.122. The zero-order valence-corrected chi connectivity index (χ0v) is 14.0. The number of amides is 1. The fourth-order valence-corrected chi connectivity index (χ4v) is 4.40. The second-order valence-electron chi connectivity index (χ2n) is 5.94. The number of hydrogen-bond acceptors (Lipinski definition) is 3. The average Bonchev–Trinajstić information content (AvgIpc) is 2.55. The molecule has 0 radical (unpaired) electrons. The molecule has 2 rings (SSSR count). The third kappa shape index (κ3) is 4.92. The van der Waals surface area contributed by atoms with Crippen LogP contribution in [0.15, 0.2) is 30.3 Å². The van der Waals surface area contributed by atoms with E-state index in [2.05, 4.69) is 5.32 Å². The number of benzene rings is 1. The van der Waals surface area contributed by atoms with Crippen LogP contribution < -0.4 is 11.1 Å². The number of carbonyl (C=O) groups excluding carboxylic acids is 1. The van der Waals surface area contributed by atoms with E-state index in [0.29, 0.717) is 12.2 Å². The molecule has 1 amide bonds. The maximum atomic E-state index is 12.2. The van der Waals surface area contributed by atoms with Crippen molar-refractivity contribution in [2.24, 2.45) is 5.73 Å². The van der Waals surface area contributed by atoms with Gasteiger partial charge >= 0.3 is 0 Å². The fraction of sp³-hybridized carbons (Fsp3) is 0.588. The van der Waals surface area contributed by atoms with Crippen molar-refractivity contribution in [1.29, 1.82) is 0 Å². The van der Waals surface area contributed by atoms with Gasteiger partial charge in [-0.15, -0.1) is 0 Å². The minimum atomic E-state index is -0.765. The molecule has 5 heteroatoms.